The molecule has 0 spiro atoms. The van der Waals surface area contributed by atoms with Crippen LogP contribution in [0.25, 0.3) is 10.9 Å². The first-order chi connectivity index (χ1) is 16.6. The van der Waals surface area contributed by atoms with Gasteiger partial charge in [-0.1, -0.05) is 23.2 Å². The number of aliphatic hydroxyl groups excluding tert-OH is 1. The van der Waals surface area contributed by atoms with Gasteiger partial charge in [-0.2, -0.15) is 0 Å². The fourth-order valence-electron chi connectivity index (χ4n) is 4.85. The van der Waals surface area contributed by atoms with Crippen LogP contribution in [0.4, 0.5) is 0 Å². The first kappa shape index (κ1) is 25.6. The van der Waals surface area contributed by atoms with E-state index in [2.05, 4.69) is 22.0 Å². The van der Waals surface area contributed by atoms with Crippen molar-refractivity contribution < 1.29 is 9.84 Å². The molecule has 1 aliphatic rings. The van der Waals surface area contributed by atoms with Crippen molar-refractivity contribution in [2.75, 3.05) is 32.6 Å². The smallest absolute Gasteiger partial charge is 0.119 e. The van der Waals surface area contributed by atoms with Crippen LogP contribution in [0.3, 0.4) is 0 Å². The zero-order valence-corrected chi connectivity index (χ0v) is 21.9. The van der Waals surface area contributed by atoms with Gasteiger partial charge in [-0.25, -0.2) is 0 Å². The van der Waals surface area contributed by atoms with Crippen LogP contribution in [0.2, 0.25) is 10.0 Å². The molecule has 1 fully saturated rings. The quantitative estimate of drug-likeness (QED) is 0.301. The van der Waals surface area contributed by atoms with Gasteiger partial charge in [0, 0.05) is 46.4 Å². The average molecular weight is 520 g/mol. The molecule has 0 saturated carbocycles. The van der Waals surface area contributed by atoms with Gasteiger partial charge in [-0.15, -0.1) is 11.8 Å². The maximum absolute atomic E-state index is 9.78. The summed E-state index contributed by atoms with van der Waals surface area (Å²) in [5, 5.41) is 12.3. The van der Waals surface area contributed by atoms with E-state index < -0.39 is 0 Å². The van der Waals surface area contributed by atoms with Crippen molar-refractivity contribution in [3.05, 3.63) is 64.3 Å². The van der Waals surface area contributed by atoms with E-state index in [9.17, 15) is 5.11 Å². The number of aliphatic hydroxyl groups is 1. The molecule has 4 nitrogen and oxygen atoms in total. The van der Waals surface area contributed by atoms with Crippen LogP contribution in [0, 0.1) is 5.92 Å². The van der Waals surface area contributed by atoms with Crippen molar-refractivity contribution in [3.63, 3.8) is 0 Å². The lowest BCUT2D eigenvalue weighted by Crippen LogP contribution is -2.44. The number of halogens is 2. The van der Waals surface area contributed by atoms with Crippen molar-refractivity contribution >= 4 is 45.9 Å². The lowest BCUT2D eigenvalue weighted by atomic mass is 9.88. The van der Waals surface area contributed by atoms with E-state index in [0.29, 0.717) is 17.0 Å². The van der Waals surface area contributed by atoms with Crippen LogP contribution in [-0.2, 0) is 6.42 Å². The molecule has 1 aromatic heterocycles. The average Bonchev–Trinajstić information content (AvgIpc) is 2.86. The SMILES string of the molecule is COc1ccc2ncc(Cl)c(CCCC3CC(CO)CCN3CCSc3ccc(Cl)cc3)c2c1. The molecule has 1 aliphatic heterocycles. The second kappa shape index (κ2) is 12.5. The van der Waals surface area contributed by atoms with Gasteiger partial charge in [0.15, 0.2) is 0 Å². The molecule has 0 aliphatic carbocycles. The summed E-state index contributed by atoms with van der Waals surface area (Å²) in [6, 6.07) is 14.5. The summed E-state index contributed by atoms with van der Waals surface area (Å²) in [5.74, 6) is 2.27. The Morgan fingerprint density at radius 3 is 2.76 bits per heavy atom. The van der Waals surface area contributed by atoms with Gasteiger partial charge in [-0.3, -0.25) is 9.88 Å². The van der Waals surface area contributed by atoms with Gasteiger partial charge in [0.2, 0.25) is 0 Å². The molecule has 2 heterocycles. The number of pyridine rings is 1. The van der Waals surface area contributed by atoms with Gasteiger partial charge in [-0.05, 0) is 92.6 Å². The van der Waals surface area contributed by atoms with Crippen molar-refractivity contribution in [2.45, 2.75) is 43.0 Å². The van der Waals surface area contributed by atoms with Crippen molar-refractivity contribution in [2.24, 2.45) is 5.92 Å². The summed E-state index contributed by atoms with van der Waals surface area (Å²) in [5.41, 5.74) is 2.09. The molecular formula is C27H32Cl2N2O2S. The Labute approximate surface area is 216 Å². The van der Waals surface area contributed by atoms with E-state index in [4.69, 9.17) is 27.9 Å². The zero-order valence-electron chi connectivity index (χ0n) is 19.6. The first-order valence-corrected chi connectivity index (χ1v) is 13.7. The summed E-state index contributed by atoms with van der Waals surface area (Å²) in [4.78, 5) is 8.34. The van der Waals surface area contributed by atoms with E-state index in [-0.39, 0.29) is 6.61 Å². The highest BCUT2D eigenvalue weighted by Crippen LogP contribution is 2.31. The molecule has 4 rings (SSSR count). The predicted molar refractivity (Wildman–Crippen MR) is 144 cm³/mol. The third-order valence-electron chi connectivity index (χ3n) is 6.76. The number of piperidine rings is 1. The maximum atomic E-state index is 9.78. The van der Waals surface area contributed by atoms with Crippen LogP contribution in [0.15, 0.2) is 53.6 Å². The minimum Gasteiger partial charge on any atom is -0.497 e. The Morgan fingerprint density at radius 1 is 1.18 bits per heavy atom. The van der Waals surface area contributed by atoms with E-state index >= 15 is 0 Å². The maximum Gasteiger partial charge on any atom is 0.119 e. The standard InChI is InChI=1S/C27H32Cl2N2O2S/c1-33-22-7-10-27-25(16-22)24(26(29)17-30-27)4-2-3-21-15-19(18-32)11-12-31(21)13-14-34-23-8-5-20(28)6-9-23/h5-10,16-17,19,21,32H,2-4,11-15,18H2,1H3. The molecule has 0 bridgehead atoms. The molecule has 1 N–H and O–H groups in total. The fraction of sp³-hybridized carbons (Fsp3) is 0.444. The van der Waals surface area contributed by atoms with E-state index in [0.717, 1.165) is 78.2 Å². The summed E-state index contributed by atoms with van der Waals surface area (Å²) in [6.07, 6.45) is 6.92. The minimum absolute atomic E-state index is 0.282. The number of benzene rings is 2. The number of methoxy groups -OCH3 is 1. The third-order valence-corrected chi connectivity index (χ3v) is 8.33. The van der Waals surface area contributed by atoms with Crippen LogP contribution < -0.4 is 4.74 Å². The highest BCUT2D eigenvalue weighted by Gasteiger charge is 2.27. The van der Waals surface area contributed by atoms with E-state index in [1.165, 1.54) is 4.90 Å². The molecule has 0 radical (unpaired) electrons. The van der Waals surface area contributed by atoms with Crippen LogP contribution in [-0.4, -0.2) is 53.6 Å². The summed E-state index contributed by atoms with van der Waals surface area (Å²) < 4.78 is 5.42. The zero-order chi connectivity index (χ0) is 23.9. The largest absolute Gasteiger partial charge is 0.497 e. The second-order valence-corrected chi connectivity index (χ2v) is 10.9. The summed E-state index contributed by atoms with van der Waals surface area (Å²) in [7, 11) is 1.68. The van der Waals surface area contributed by atoms with E-state index in [1.807, 2.05) is 42.1 Å². The molecule has 1 saturated heterocycles. The molecule has 2 unspecified atom stereocenters. The first-order valence-electron chi connectivity index (χ1n) is 11.9. The molecule has 2 atom stereocenters. The lowest BCUT2D eigenvalue weighted by molar-refractivity contribution is 0.0801. The number of nitrogens with zero attached hydrogens (tertiary/aromatic N) is 2. The van der Waals surface area contributed by atoms with Crippen LogP contribution >= 0.6 is 35.0 Å². The summed E-state index contributed by atoms with van der Waals surface area (Å²) >= 11 is 14.5. The highest BCUT2D eigenvalue weighted by molar-refractivity contribution is 7.99. The fourth-order valence-corrected chi connectivity index (χ4v) is 6.11. The Bertz CT molecular complexity index is 1080. The Morgan fingerprint density at radius 2 is 2.00 bits per heavy atom. The van der Waals surface area contributed by atoms with Gasteiger partial charge in [0.1, 0.15) is 5.75 Å². The molecule has 0 amide bonds. The number of hydrogen-bond donors (Lipinski definition) is 1. The predicted octanol–water partition coefficient (Wildman–Crippen LogP) is 6.74. The normalized spacial score (nSPS) is 18.9. The number of ether oxygens (including phenoxy) is 1. The van der Waals surface area contributed by atoms with Crippen LogP contribution in [0.5, 0.6) is 5.75 Å². The molecule has 7 heteroatoms. The van der Waals surface area contributed by atoms with Gasteiger partial charge >= 0.3 is 0 Å². The Hall–Kier alpha value is -1.50. The topological polar surface area (TPSA) is 45.6 Å². The molecule has 2 aromatic carbocycles. The number of aromatic nitrogens is 1. The van der Waals surface area contributed by atoms with Gasteiger partial charge in [0.25, 0.3) is 0 Å². The molecular weight excluding hydrogens is 487 g/mol. The molecule has 34 heavy (non-hydrogen) atoms. The van der Waals surface area contributed by atoms with Crippen molar-refractivity contribution in [1.82, 2.24) is 9.88 Å². The minimum atomic E-state index is 0.282. The Kier molecular flexibility index (Phi) is 9.38. The van der Waals surface area contributed by atoms with Crippen LogP contribution in [0.1, 0.15) is 31.2 Å². The van der Waals surface area contributed by atoms with Crippen molar-refractivity contribution in [3.8, 4) is 5.75 Å². The molecule has 182 valence electrons. The number of fused-ring (bicyclic) bond motifs is 1. The van der Waals surface area contributed by atoms with Gasteiger partial charge < -0.3 is 9.84 Å². The highest BCUT2D eigenvalue weighted by atomic mass is 35.5. The van der Waals surface area contributed by atoms with E-state index in [1.54, 1.807) is 13.3 Å². The number of hydrogen-bond acceptors (Lipinski definition) is 5. The number of thioether (sulfide) groups is 1. The number of aryl methyl sites for hydroxylation is 1. The van der Waals surface area contributed by atoms with Gasteiger partial charge in [0.05, 0.1) is 17.6 Å². The van der Waals surface area contributed by atoms with Crippen molar-refractivity contribution in [1.29, 1.82) is 0 Å². The molecule has 3 aromatic rings. The number of likely N-dealkylation sites (tertiary alicyclic amines) is 1. The third kappa shape index (κ3) is 6.58. The monoisotopic (exact) mass is 518 g/mol. The lowest BCUT2D eigenvalue weighted by Gasteiger charge is -2.39. The second-order valence-electron chi connectivity index (χ2n) is 8.93. The summed E-state index contributed by atoms with van der Waals surface area (Å²) in [6.45, 7) is 2.38. The Balaban J connectivity index is 1.38. The number of rotatable bonds is 10.